The van der Waals surface area contributed by atoms with E-state index < -0.39 is 9.85 Å². The first-order chi connectivity index (χ1) is 14.6. The van der Waals surface area contributed by atoms with E-state index in [1.54, 1.807) is 37.2 Å². The Kier molecular flexibility index (Phi) is 8.66. The summed E-state index contributed by atoms with van der Waals surface area (Å²) >= 11 is 11.6. The first-order valence-corrected chi connectivity index (χ1v) is 9.87. The molecule has 3 rings (SSSR count). The number of hydrogen-bond acceptors (Lipinski definition) is 8. The van der Waals surface area contributed by atoms with Crippen LogP contribution in [0.3, 0.4) is 0 Å². The van der Waals surface area contributed by atoms with E-state index in [1.807, 2.05) is 4.90 Å². The SMILES string of the molecule is CN(C)c1ccc(Cl)cc1[N+](=O)[O-].COc1cc(N2CCOCC2)c([N+](=O)[O-])cc1Cl. The van der Waals surface area contributed by atoms with Crippen LogP contribution in [-0.2, 0) is 4.74 Å². The molecule has 0 aliphatic carbocycles. The summed E-state index contributed by atoms with van der Waals surface area (Å²) < 4.78 is 10.3. The van der Waals surface area contributed by atoms with Crippen molar-refractivity contribution in [2.24, 2.45) is 0 Å². The molecule has 12 heteroatoms. The first-order valence-electron chi connectivity index (χ1n) is 9.11. The van der Waals surface area contributed by atoms with Gasteiger partial charge in [-0.3, -0.25) is 20.2 Å². The minimum atomic E-state index is -0.443. The molecule has 0 spiro atoms. The van der Waals surface area contributed by atoms with Crippen molar-refractivity contribution in [2.45, 2.75) is 0 Å². The Morgan fingerprint density at radius 2 is 1.65 bits per heavy atom. The molecule has 0 atom stereocenters. The topological polar surface area (TPSA) is 111 Å². The van der Waals surface area contributed by atoms with Gasteiger partial charge in [0.1, 0.15) is 17.1 Å². The first kappa shape index (κ1) is 24.4. The lowest BCUT2D eigenvalue weighted by Gasteiger charge is -2.28. The van der Waals surface area contributed by atoms with Crippen molar-refractivity contribution in [3.05, 3.63) is 60.6 Å². The van der Waals surface area contributed by atoms with Crippen LogP contribution in [-0.4, -0.2) is 57.4 Å². The fraction of sp³-hybridized carbons (Fsp3) is 0.368. The number of hydrogen-bond donors (Lipinski definition) is 0. The average Bonchev–Trinajstić information content (AvgIpc) is 2.74. The van der Waals surface area contributed by atoms with Crippen molar-refractivity contribution >= 4 is 46.0 Å². The van der Waals surface area contributed by atoms with Crippen LogP contribution in [0, 0.1) is 20.2 Å². The summed E-state index contributed by atoms with van der Waals surface area (Å²) in [6.45, 7) is 2.35. The second-order valence-corrected chi connectivity index (χ2v) is 7.46. The predicted molar refractivity (Wildman–Crippen MR) is 120 cm³/mol. The number of nitrogens with zero attached hydrogens (tertiary/aromatic N) is 4. The largest absolute Gasteiger partial charge is 0.495 e. The monoisotopic (exact) mass is 472 g/mol. The second-order valence-electron chi connectivity index (χ2n) is 6.62. The van der Waals surface area contributed by atoms with E-state index in [2.05, 4.69) is 0 Å². The number of benzene rings is 2. The highest BCUT2D eigenvalue weighted by atomic mass is 35.5. The van der Waals surface area contributed by atoms with E-state index in [4.69, 9.17) is 32.7 Å². The van der Waals surface area contributed by atoms with Crippen molar-refractivity contribution in [3.63, 3.8) is 0 Å². The fourth-order valence-electron chi connectivity index (χ4n) is 2.91. The van der Waals surface area contributed by atoms with E-state index in [0.717, 1.165) is 0 Å². The van der Waals surface area contributed by atoms with Crippen LogP contribution < -0.4 is 14.5 Å². The van der Waals surface area contributed by atoms with Gasteiger partial charge in [-0.25, -0.2) is 0 Å². The molecule has 1 heterocycles. The molecule has 0 radical (unpaired) electrons. The standard InChI is InChI=1S/C11H13ClN2O4.C8H9ClN2O2/c1-17-11-7-9(13-2-4-18-5-3-13)10(14(15)16)6-8(11)12;1-10(2)7-4-3-6(9)5-8(7)11(12)13/h6-7H,2-5H2,1H3;3-5H,1-2H3. The van der Waals surface area contributed by atoms with Gasteiger partial charge in [0, 0.05) is 50.4 Å². The average molecular weight is 473 g/mol. The van der Waals surface area contributed by atoms with E-state index in [-0.39, 0.29) is 16.4 Å². The van der Waals surface area contributed by atoms with E-state index in [0.29, 0.717) is 48.5 Å². The lowest BCUT2D eigenvalue weighted by atomic mass is 10.2. The summed E-state index contributed by atoms with van der Waals surface area (Å²) in [5.74, 6) is 0.434. The summed E-state index contributed by atoms with van der Waals surface area (Å²) in [5.41, 5.74) is 1.08. The Hall–Kier alpha value is -2.82. The zero-order chi connectivity index (χ0) is 23.1. The summed E-state index contributed by atoms with van der Waals surface area (Å²) in [5, 5.41) is 22.3. The Morgan fingerprint density at radius 1 is 1.03 bits per heavy atom. The van der Waals surface area contributed by atoms with Crippen molar-refractivity contribution < 1.29 is 19.3 Å². The zero-order valence-electron chi connectivity index (χ0n) is 17.2. The molecule has 168 valence electrons. The molecule has 1 aliphatic rings. The molecule has 0 unspecified atom stereocenters. The normalized spacial score (nSPS) is 13.1. The van der Waals surface area contributed by atoms with E-state index in [9.17, 15) is 20.2 Å². The molecule has 0 bridgehead atoms. The highest BCUT2D eigenvalue weighted by Crippen LogP contribution is 2.38. The molecule has 31 heavy (non-hydrogen) atoms. The summed E-state index contributed by atoms with van der Waals surface area (Å²) in [7, 11) is 4.97. The number of morpholine rings is 1. The Balaban J connectivity index is 0.000000233. The molecule has 0 N–H and O–H groups in total. The van der Waals surface area contributed by atoms with Crippen LogP contribution in [0.4, 0.5) is 22.7 Å². The minimum Gasteiger partial charge on any atom is -0.495 e. The second kappa shape index (κ2) is 11.0. The summed E-state index contributed by atoms with van der Waals surface area (Å²) in [6.07, 6.45) is 0. The molecule has 0 amide bonds. The molecule has 10 nitrogen and oxygen atoms in total. The van der Waals surface area contributed by atoms with Crippen LogP contribution in [0.5, 0.6) is 5.75 Å². The van der Waals surface area contributed by atoms with Gasteiger partial charge in [-0.1, -0.05) is 23.2 Å². The minimum absolute atomic E-state index is 0.0114. The number of nitro benzene ring substituents is 2. The number of anilines is 2. The van der Waals surface area contributed by atoms with Crippen molar-refractivity contribution in [1.82, 2.24) is 0 Å². The maximum absolute atomic E-state index is 11.1. The van der Waals surface area contributed by atoms with Crippen LogP contribution >= 0.6 is 23.2 Å². The number of methoxy groups -OCH3 is 1. The molecule has 0 saturated carbocycles. The fourth-order valence-corrected chi connectivity index (χ4v) is 3.31. The van der Waals surface area contributed by atoms with Crippen molar-refractivity contribution in [1.29, 1.82) is 0 Å². The number of halogens is 2. The molecule has 1 fully saturated rings. The van der Waals surface area contributed by atoms with Crippen LogP contribution in [0.25, 0.3) is 0 Å². The lowest BCUT2D eigenvalue weighted by molar-refractivity contribution is -0.384. The Bertz CT molecular complexity index is 951. The summed E-state index contributed by atoms with van der Waals surface area (Å²) in [6, 6.07) is 7.53. The zero-order valence-corrected chi connectivity index (χ0v) is 18.7. The van der Waals surface area contributed by atoms with Crippen molar-refractivity contribution in [2.75, 3.05) is 57.3 Å². The van der Waals surface area contributed by atoms with Gasteiger partial charge in [0.05, 0.1) is 35.2 Å². The van der Waals surface area contributed by atoms with Gasteiger partial charge in [-0.05, 0) is 12.1 Å². The molecule has 0 aromatic heterocycles. The van der Waals surface area contributed by atoms with Crippen LogP contribution in [0.1, 0.15) is 0 Å². The Labute approximate surface area is 189 Å². The maximum atomic E-state index is 11.1. The third kappa shape index (κ3) is 6.33. The third-order valence-corrected chi connectivity index (χ3v) is 4.94. The third-order valence-electron chi connectivity index (χ3n) is 4.41. The van der Waals surface area contributed by atoms with Gasteiger partial charge < -0.3 is 19.3 Å². The van der Waals surface area contributed by atoms with Crippen LogP contribution in [0.2, 0.25) is 10.0 Å². The highest BCUT2D eigenvalue weighted by Gasteiger charge is 2.24. The quantitative estimate of drug-likeness (QED) is 0.464. The smallest absolute Gasteiger partial charge is 0.294 e. The number of rotatable bonds is 5. The van der Waals surface area contributed by atoms with Gasteiger partial charge in [0.25, 0.3) is 11.4 Å². The Morgan fingerprint density at radius 3 is 2.16 bits per heavy atom. The molecular weight excluding hydrogens is 451 g/mol. The molecule has 2 aromatic rings. The van der Waals surface area contributed by atoms with Crippen molar-refractivity contribution in [3.8, 4) is 5.75 Å². The van der Waals surface area contributed by atoms with Gasteiger partial charge in [0.15, 0.2) is 0 Å². The lowest BCUT2D eigenvalue weighted by Crippen LogP contribution is -2.36. The number of nitro groups is 2. The summed E-state index contributed by atoms with van der Waals surface area (Å²) in [4.78, 5) is 24.4. The van der Waals surface area contributed by atoms with E-state index >= 15 is 0 Å². The molecule has 2 aromatic carbocycles. The van der Waals surface area contributed by atoms with Crippen LogP contribution in [0.15, 0.2) is 30.3 Å². The molecule has 1 aliphatic heterocycles. The highest BCUT2D eigenvalue weighted by molar-refractivity contribution is 6.32. The predicted octanol–water partition coefficient (Wildman–Crippen LogP) is 4.41. The number of ether oxygens (including phenoxy) is 2. The maximum Gasteiger partial charge on any atom is 0.294 e. The van der Waals surface area contributed by atoms with E-state index in [1.165, 1.54) is 19.2 Å². The van der Waals surface area contributed by atoms with Gasteiger partial charge in [0.2, 0.25) is 0 Å². The van der Waals surface area contributed by atoms with Gasteiger partial charge in [-0.15, -0.1) is 0 Å². The molecular formula is C19H22Cl2N4O6. The van der Waals surface area contributed by atoms with Gasteiger partial charge in [-0.2, -0.15) is 0 Å². The molecule has 1 saturated heterocycles. The van der Waals surface area contributed by atoms with Gasteiger partial charge >= 0.3 is 0 Å².